The Hall–Kier alpha value is -3.49. The number of aryl methyl sites for hydroxylation is 1. The van der Waals surface area contributed by atoms with Crippen LogP contribution in [-0.4, -0.2) is 90.9 Å². The number of amides is 1. The van der Waals surface area contributed by atoms with Crippen molar-refractivity contribution in [3.8, 4) is 0 Å². The molecule has 1 amide bonds. The van der Waals surface area contributed by atoms with Crippen LogP contribution in [0.1, 0.15) is 42.2 Å². The third-order valence-electron chi connectivity index (χ3n) is 7.35. The predicted molar refractivity (Wildman–Crippen MR) is 152 cm³/mol. The zero-order valence-corrected chi connectivity index (χ0v) is 23.5. The van der Waals surface area contributed by atoms with Crippen molar-refractivity contribution in [2.24, 2.45) is 5.92 Å². The van der Waals surface area contributed by atoms with Crippen LogP contribution >= 0.6 is 0 Å². The monoisotopic (exact) mass is 582 g/mol. The van der Waals surface area contributed by atoms with Gasteiger partial charge >= 0.3 is 0 Å². The highest BCUT2D eigenvalue weighted by atomic mass is 16.6. The van der Waals surface area contributed by atoms with Crippen molar-refractivity contribution in [2.75, 3.05) is 19.0 Å². The highest BCUT2D eigenvalue weighted by Crippen LogP contribution is 2.28. The molecule has 1 unspecified atom stereocenters. The molecule has 1 aliphatic heterocycles. The SMILES string of the molecule is CO[C@H](c1ccc(NC(=O)[C@H]2O[C@@H](O)[C@H](O)[C@@H](O)[C@@H]2O)cc1)[C@H](C)/C=C/CCn1cc(C(CO)c2ccccc2)nn1. The molecule has 4 rings (SSSR count). The number of carbonyl (C=O) groups is 1. The van der Waals surface area contributed by atoms with Gasteiger partial charge in [0.05, 0.1) is 24.3 Å². The van der Waals surface area contributed by atoms with Crippen molar-refractivity contribution in [2.45, 2.75) is 62.6 Å². The summed E-state index contributed by atoms with van der Waals surface area (Å²) in [6, 6.07) is 16.7. The first-order chi connectivity index (χ1) is 20.2. The molecule has 226 valence electrons. The summed E-state index contributed by atoms with van der Waals surface area (Å²) < 4.78 is 12.5. The van der Waals surface area contributed by atoms with E-state index in [1.54, 1.807) is 36.1 Å². The first-order valence-electron chi connectivity index (χ1n) is 13.8. The Balaban J connectivity index is 1.29. The van der Waals surface area contributed by atoms with E-state index in [-0.39, 0.29) is 24.5 Å². The van der Waals surface area contributed by atoms with Crippen LogP contribution in [0.2, 0.25) is 0 Å². The van der Waals surface area contributed by atoms with Crippen molar-refractivity contribution in [1.29, 1.82) is 0 Å². The Labute approximate surface area is 243 Å². The van der Waals surface area contributed by atoms with E-state index in [0.29, 0.717) is 12.2 Å². The fraction of sp³-hybridized carbons (Fsp3) is 0.433. The maximum Gasteiger partial charge on any atom is 0.256 e. The second-order valence-electron chi connectivity index (χ2n) is 10.3. The van der Waals surface area contributed by atoms with Crippen LogP contribution in [0.15, 0.2) is 72.9 Å². The van der Waals surface area contributed by atoms with Gasteiger partial charge in [-0.15, -0.1) is 5.10 Å². The van der Waals surface area contributed by atoms with Crippen LogP contribution in [0, 0.1) is 5.92 Å². The molecule has 0 radical (unpaired) electrons. The van der Waals surface area contributed by atoms with Gasteiger partial charge in [-0.25, -0.2) is 0 Å². The predicted octanol–water partition coefficient (Wildman–Crippen LogP) is 1.11. The number of carbonyl (C=O) groups excluding carboxylic acids is 1. The minimum Gasteiger partial charge on any atom is -0.395 e. The first kappa shape index (κ1) is 31.4. The Morgan fingerprint density at radius 2 is 1.76 bits per heavy atom. The third-order valence-corrected chi connectivity index (χ3v) is 7.35. The van der Waals surface area contributed by atoms with E-state index in [1.165, 1.54) is 0 Å². The smallest absolute Gasteiger partial charge is 0.256 e. The van der Waals surface area contributed by atoms with Gasteiger partial charge in [0.2, 0.25) is 0 Å². The zero-order valence-electron chi connectivity index (χ0n) is 23.5. The highest BCUT2D eigenvalue weighted by molar-refractivity contribution is 5.94. The third kappa shape index (κ3) is 7.47. The van der Waals surface area contributed by atoms with Crippen LogP contribution < -0.4 is 5.32 Å². The van der Waals surface area contributed by atoms with Gasteiger partial charge in [-0.05, 0) is 29.7 Å². The van der Waals surface area contributed by atoms with Gasteiger partial charge in [-0.1, -0.05) is 66.8 Å². The standard InChI is InChI=1S/C30H38N4O8/c1-18(8-6-7-15-34-16-23(32-33-34)22(17-35)19-9-4-3-5-10-19)27(41-2)20-11-13-21(14-12-20)31-29(39)28-25(37)24(36)26(38)30(40)42-28/h3-6,8-14,16,18,22,24-28,30,35-38,40H,7,15,17H2,1-2H3,(H,31,39)/b8-6+/t18-,22?,24+,25+,26-,27+,28+,30-/m1/s1. The van der Waals surface area contributed by atoms with E-state index in [0.717, 1.165) is 23.2 Å². The van der Waals surface area contributed by atoms with E-state index in [9.17, 15) is 30.3 Å². The van der Waals surface area contributed by atoms with Crippen LogP contribution in [0.3, 0.4) is 0 Å². The van der Waals surface area contributed by atoms with E-state index in [2.05, 4.69) is 27.8 Å². The molecule has 0 bridgehead atoms. The number of aliphatic hydroxyl groups is 5. The maximum absolute atomic E-state index is 12.6. The minimum atomic E-state index is -1.80. The fourth-order valence-electron chi connectivity index (χ4n) is 4.96. The van der Waals surface area contributed by atoms with Gasteiger partial charge in [0.15, 0.2) is 12.4 Å². The molecule has 0 aliphatic carbocycles. The molecule has 0 spiro atoms. The molecule has 12 nitrogen and oxygen atoms in total. The lowest BCUT2D eigenvalue weighted by atomic mass is 9.96. The second kappa shape index (κ2) is 14.6. The molecular formula is C30H38N4O8. The van der Waals surface area contributed by atoms with Crippen molar-refractivity contribution in [3.63, 3.8) is 0 Å². The average Bonchev–Trinajstić information content (AvgIpc) is 3.46. The number of rotatable bonds is 12. The summed E-state index contributed by atoms with van der Waals surface area (Å²) in [6.07, 6.45) is -2.05. The van der Waals surface area contributed by atoms with Crippen molar-refractivity contribution in [1.82, 2.24) is 15.0 Å². The molecule has 1 aliphatic rings. The van der Waals surface area contributed by atoms with Crippen LogP contribution in [0.25, 0.3) is 0 Å². The number of anilines is 1. The molecule has 2 aromatic carbocycles. The summed E-state index contributed by atoms with van der Waals surface area (Å²) in [6.45, 7) is 2.61. The lowest BCUT2D eigenvalue weighted by molar-refractivity contribution is -0.274. The molecule has 1 saturated heterocycles. The number of allylic oxidation sites excluding steroid dienone is 1. The van der Waals surface area contributed by atoms with Gasteiger partial charge in [0.25, 0.3) is 5.91 Å². The molecule has 6 N–H and O–H groups in total. The highest BCUT2D eigenvalue weighted by Gasteiger charge is 2.46. The summed E-state index contributed by atoms with van der Waals surface area (Å²) in [5.41, 5.74) is 3.00. The summed E-state index contributed by atoms with van der Waals surface area (Å²) in [5, 5.41) is 60.1. The van der Waals surface area contributed by atoms with Gasteiger partial charge in [0, 0.05) is 31.5 Å². The summed E-state index contributed by atoms with van der Waals surface area (Å²) in [4.78, 5) is 12.6. The second-order valence-corrected chi connectivity index (χ2v) is 10.3. The number of nitrogens with one attached hydrogen (secondary N) is 1. The Morgan fingerprint density at radius 1 is 1.05 bits per heavy atom. The molecule has 3 aromatic rings. The molecule has 12 heteroatoms. The molecule has 42 heavy (non-hydrogen) atoms. The number of ether oxygens (including phenoxy) is 2. The van der Waals surface area contributed by atoms with Gasteiger partial charge in [0.1, 0.15) is 18.3 Å². The Kier molecular flexibility index (Phi) is 10.9. The maximum atomic E-state index is 12.6. The zero-order chi connectivity index (χ0) is 30.2. The lowest BCUT2D eigenvalue weighted by Crippen LogP contribution is -2.60. The van der Waals surface area contributed by atoms with Crippen LogP contribution in [0.5, 0.6) is 0 Å². The van der Waals surface area contributed by atoms with Crippen LogP contribution in [0.4, 0.5) is 5.69 Å². The minimum absolute atomic E-state index is 0.0267. The van der Waals surface area contributed by atoms with Crippen LogP contribution in [-0.2, 0) is 20.8 Å². The molecule has 8 atom stereocenters. The number of aliphatic hydroxyl groups excluding tert-OH is 5. The van der Waals surface area contributed by atoms with Crippen molar-refractivity contribution < 1.29 is 39.8 Å². The van der Waals surface area contributed by atoms with E-state index >= 15 is 0 Å². The van der Waals surface area contributed by atoms with Gasteiger partial charge in [-0.3, -0.25) is 9.48 Å². The van der Waals surface area contributed by atoms with Crippen molar-refractivity contribution >= 4 is 11.6 Å². The quantitative estimate of drug-likeness (QED) is 0.169. The summed E-state index contributed by atoms with van der Waals surface area (Å²) >= 11 is 0. The van der Waals surface area contributed by atoms with E-state index in [4.69, 9.17) is 9.47 Å². The van der Waals surface area contributed by atoms with Gasteiger partial charge < -0.3 is 40.3 Å². The van der Waals surface area contributed by atoms with Crippen molar-refractivity contribution in [3.05, 3.63) is 89.8 Å². The molecular weight excluding hydrogens is 544 g/mol. The number of hydrogen-bond acceptors (Lipinski definition) is 10. The summed E-state index contributed by atoms with van der Waals surface area (Å²) in [7, 11) is 1.62. The summed E-state index contributed by atoms with van der Waals surface area (Å²) in [5.74, 6) is -0.968. The Morgan fingerprint density at radius 3 is 2.43 bits per heavy atom. The molecule has 2 heterocycles. The number of benzene rings is 2. The molecule has 1 fully saturated rings. The number of nitrogens with zero attached hydrogens (tertiary/aromatic N) is 3. The van der Waals surface area contributed by atoms with E-state index in [1.807, 2.05) is 43.5 Å². The lowest BCUT2D eigenvalue weighted by Gasteiger charge is -2.37. The fourth-order valence-corrected chi connectivity index (χ4v) is 4.96. The molecule has 0 saturated carbocycles. The normalized spacial score (nSPS) is 24.8. The van der Waals surface area contributed by atoms with Gasteiger partial charge in [-0.2, -0.15) is 0 Å². The topological polar surface area (TPSA) is 179 Å². The largest absolute Gasteiger partial charge is 0.395 e. The number of methoxy groups -OCH3 is 1. The Bertz CT molecular complexity index is 1300. The first-order valence-corrected chi connectivity index (χ1v) is 13.8. The molecule has 1 aromatic heterocycles. The number of aromatic nitrogens is 3. The number of hydrogen-bond donors (Lipinski definition) is 6. The van der Waals surface area contributed by atoms with E-state index < -0.39 is 36.6 Å². The average molecular weight is 583 g/mol.